The van der Waals surface area contributed by atoms with E-state index in [0.717, 1.165) is 12.1 Å². The van der Waals surface area contributed by atoms with Crippen LogP contribution in [0.5, 0.6) is 5.75 Å². The molecule has 134 valence electrons. The minimum atomic E-state index is -4.49. The van der Waals surface area contributed by atoms with Crippen molar-refractivity contribution in [2.24, 2.45) is 0 Å². The number of halogens is 5. The van der Waals surface area contributed by atoms with Gasteiger partial charge < -0.3 is 15.4 Å². The number of carbonyl (C=O) groups excluding carboxylic acids is 1. The minimum absolute atomic E-state index is 0.0484. The van der Waals surface area contributed by atoms with Crippen molar-refractivity contribution in [2.45, 2.75) is 6.18 Å². The molecule has 4 nitrogen and oxygen atoms in total. The average Bonchev–Trinajstić information content (AvgIpc) is 2.54. The van der Waals surface area contributed by atoms with Gasteiger partial charge in [0.2, 0.25) is 5.91 Å². The zero-order valence-electron chi connectivity index (χ0n) is 12.7. The number of anilines is 2. The summed E-state index contributed by atoms with van der Waals surface area (Å²) >= 11 is 0. The van der Waals surface area contributed by atoms with Gasteiger partial charge in [-0.3, -0.25) is 4.79 Å². The van der Waals surface area contributed by atoms with Crippen molar-refractivity contribution in [3.8, 4) is 5.75 Å². The Morgan fingerprint density at radius 3 is 2.44 bits per heavy atom. The van der Waals surface area contributed by atoms with Crippen LogP contribution < -0.4 is 15.4 Å². The minimum Gasteiger partial charge on any atom is -0.482 e. The Bertz CT molecular complexity index is 750. The lowest BCUT2D eigenvalue weighted by atomic mass is 10.3. The Balaban J connectivity index is 1.94. The number of alkyl halides is 3. The van der Waals surface area contributed by atoms with Crippen molar-refractivity contribution in [2.75, 3.05) is 23.8 Å². The second-order valence-electron chi connectivity index (χ2n) is 4.93. The summed E-state index contributed by atoms with van der Waals surface area (Å²) in [6.45, 7) is -1.78. The SMILES string of the molecule is O=C(CNc1ccccc1OCC(F)(F)F)Nc1ccc(F)c(F)c1. The van der Waals surface area contributed by atoms with Gasteiger partial charge in [-0.2, -0.15) is 13.2 Å². The second kappa shape index (κ2) is 7.82. The monoisotopic (exact) mass is 360 g/mol. The van der Waals surface area contributed by atoms with E-state index in [0.29, 0.717) is 0 Å². The van der Waals surface area contributed by atoms with E-state index in [4.69, 9.17) is 0 Å². The molecule has 0 saturated heterocycles. The lowest BCUT2D eigenvalue weighted by molar-refractivity contribution is -0.153. The van der Waals surface area contributed by atoms with Crippen LogP contribution in [-0.4, -0.2) is 25.2 Å². The fraction of sp³-hybridized carbons (Fsp3) is 0.188. The molecule has 9 heteroatoms. The maximum Gasteiger partial charge on any atom is 0.422 e. The zero-order valence-corrected chi connectivity index (χ0v) is 12.7. The number of hydrogen-bond acceptors (Lipinski definition) is 3. The molecule has 0 saturated carbocycles. The lowest BCUT2D eigenvalue weighted by Gasteiger charge is -2.14. The largest absolute Gasteiger partial charge is 0.482 e. The summed E-state index contributed by atoms with van der Waals surface area (Å²) in [6.07, 6.45) is -4.49. The molecule has 2 N–H and O–H groups in total. The van der Waals surface area contributed by atoms with Gasteiger partial charge in [0.05, 0.1) is 12.2 Å². The van der Waals surface area contributed by atoms with Crippen molar-refractivity contribution >= 4 is 17.3 Å². The Kier molecular flexibility index (Phi) is 5.79. The van der Waals surface area contributed by atoms with E-state index in [-0.39, 0.29) is 23.7 Å². The molecule has 0 bridgehead atoms. The van der Waals surface area contributed by atoms with Crippen LogP contribution in [0.25, 0.3) is 0 Å². The van der Waals surface area contributed by atoms with Crippen molar-refractivity contribution in [3.63, 3.8) is 0 Å². The van der Waals surface area contributed by atoms with Gasteiger partial charge in [0.1, 0.15) is 5.75 Å². The molecule has 25 heavy (non-hydrogen) atoms. The molecule has 0 aliphatic carbocycles. The summed E-state index contributed by atoms with van der Waals surface area (Å²) in [5, 5.41) is 4.95. The van der Waals surface area contributed by atoms with E-state index in [1.165, 1.54) is 24.3 Å². The molecule has 0 heterocycles. The smallest absolute Gasteiger partial charge is 0.422 e. The molecular formula is C16H13F5N2O2. The van der Waals surface area contributed by atoms with Gasteiger partial charge in [-0.05, 0) is 24.3 Å². The highest BCUT2D eigenvalue weighted by molar-refractivity contribution is 5.93. The van der Waals surface area contributed by atoms with E-state index >= 15 is 0 Å². The van der Waals surface area contributed by atoms with E-state index in [2.05, 4.69) is 15.4 Å². The highest BCUT2D eigenvalue weighted by Crippen LogP contribution is 2.26. The van der Waals surface area contributed by atoms with Crippen LogP contribution in [0.15, 0.2) is 42.5 Å². The molecule has 1 amide bonds. The first-order chi connectivity index (χ1) is 11.7. The van der Waals surface area contributed by atoms with Gasteiger partial charge >= 0.3 is 6.18 Å². The second-order valence-corrected chi connectivity index (χ2v) is 4.93. The van der Waals surface area contributed by atoms with Crippen LogP contribution in [0.1, 0.15) is 0 Å². The van der Waals surface area contributed by atoms with E-state index in [1.54, 1.807) is 6.07 Å². The number of rotatable bonds is 6. The quantitative estimate of drug-likeness (QED) is 0.767. The normalized spacial score (nSPS) is 11.1. The topological polar surface area (TPSA) is 50.4 Å². The molecule has 0 atom stereocenters. The third-order valence-electron chi connectivity index (χ3n) is 2.92. The first-order valence-electron chi connectivity index (χ1n) is 7.02. The fourth-order valence-electron chi connectivity index (χ4n) is 1.85. The lowest BCUT2D eigenvalue weighted by Crippen LogP contribution is -2.23. The van der Waals surface area contributed by atoms with Crippen LogP contribution in [0.4, 0.5) is 33.3 Å². The number of hydrogen-bond donors (Lipinski definition) is 2. The van der Waals surface area contributed by atoms with Gasteiger partial charge in [-0.25, -0.2) is 8.78 Å². The zero-order chi connectivity index (χ0) is 18.4. The van der Waals surface area contributed by atoms with Crippen LogP contribution in [0, 0.1) is 11.6 Å². The summed E-state index contributed by atoms with van der Waals surface area (Å²) in [5.74, 6) is -2.83. The molecular weight excluding hydrogens is 347 g/mol. The van der Waals surface area contributed by atoms with Crippen molar-refractivity contribution in [1.29, 1.82) is 0 Å². The molecule has 0 aliphatic rings. The van der Waals surface area contributed by atoms with Crippen LogP contribution in [-0.2, 0) is 4.79 Å². The Labute approximate surface area is 139 Å². The van der Waals surface area contributed by atoms with E-state index < -0.39 is 30.3 Å². The number of para-hydroxylation sites is 2. The van der Waals surface area contributed by atoms with Crippen LogP contribution >= 0.6 is 0 Å². The van der Waals surface area contributed by atoms with Crippen molar-refractivity contribution in [3.05, 3.63) is 54.1 Å². The highest BCUT2D eigenvalue weighted by Gasteiger charge is 2.28. The van der Waals surface area contributed by atoms with E-state index in [1.807, 2.05) is 0 Å². The summed E-state index contributed by atoms with van der Waals surface area (Å²) in [5.41, 5.74) is 0.236. The number of carbonyl (C=O) groups is 1. The molecule has 0 unspecified atom stereocenters. The number of nitrogens with one attached hydrogen (secondary N) is 2. The van der Waals surface area contributed by atoms with Gasteiger partial charge in [-0.15, -0.1) is 0 Å². The van der Waals surface area contributed by atoms with Crippen LogP contribution in [0.3, 0.4) is 0 Å². The Morgan fingerprint density at radius 1 is 1.04 bits per heavy atom. The van der Waals surface area contributed by atoms with Crippen molar-refractivity contribution < 1.29 is 31.5 Å². The summed E-state index contributed by atoms with van der Waals surface area (Å²) in [4.78, 5) is 11.8. The molecule has 0 radical (unpaired) electrons. The van der Waals surface area contributed by atoms with E-state index in [9.17, 15) is 26.7 Å². The first-order valence-corrected chi connectivity index (χ1v) is 7.02. The predicted molar refractivity (Wildman–Crippen MR) is 81.5 cm³/mol. The average molecular weight is 360 g/mol. The Morgan fingerprint density at radius 2 is 1.76 bits per heavy atom. The molecule has 0 aromatic heterocycles. The third-order valence-corrected chi connectivity index (χ3v) is 2.92. The van der Waals surface area contributed by atoms with Gasteiger partial charge in [-0.1, -0.05) is 12.1 Å². The molecule has 0 spiro atoms. The standard InChI is InChI=1S/C16H13F5N2O2/c17-11-6-5-10(7-12(11)18)23-15(24)8-22-13-3-1-2-4-14(13)25-9-16(19,20)21/h1-7,22H,8-9H2,(H,23,24). The summed E-state index contributed by atoms with van der Waals surface area (Å²) < 4.78 is 67.2. The fourth-order valence-corrected chi connectivity index (χ4v) is 1.85. The number of benzene rings is 2. The molecule has 2 aromatic carbocycles. The number of ether oxygens (including phenoxy) is 1. The van der Waals surface area contributed by atoms with Gasteiger partial charge in [0.15, 0.2) is 18.2 Å². The maximum atomic E-state index is 13.1. The molecule has 0 aliphatic heterocycles. The molecule has 2 aromatic rings. The van der Waals surface area contributed by atoms with Crippen LogP contribution in [0.2, 0.25) is 0 Å². The maximum absolute atomic E-state index is 13.1. The predicted octanol–water partition coefficient (Wildman–Crippen LogP) is 3.96. The summed E-state index contributed by atoms with van der Waals surface area (Å²) in [6, 6.07) is 8.65. The number of amides is 1. The first kappa shape index (κ1) is 18.5. The molecule has 0 fully saturated rings. The Hall–Kier alpha value is -2.84. The summed E-state index contributed by atoms with van der Waals surface area (Å²) in [7, 11) is 0. The van der Waals surface area contributed by atoms with Crippen molar-refractivity contribution in [1.82, 2.24) is 0 Å². The van der Waals surface area contributed by atoms with Gasteiger partial charge in [0, 0.05) is 11.8 Å². The molecule has 2 rings (SSSR count). The van der Waals surface area contributed by atoms with Gasteiger partial charge in [0.25, 0.3) is 0 Å². The third kappa shape index (κ3) is 5.94. The highest BCUT2D eigenvalue weighted by atomic mass is 19.4.